The van der Waals surface area contributed by atoms with Crippen molar-refractivity contribution in [2.75, 3.05) is 0 Å². The van der Waals surface area contributed by atoms with Gasteiger partial charge in [-0.15, -0.1) is 0 Å². The second-order valence-corrected chi connectivity index (χ2v) is 5.30. The molecule has 0 fully saturated rings. The summed E-state index contributed by atoms with van der Waals surface area (Å²) in [4.78, 5) is 16.2. The topological polar surface area (TPSA) is 42.0 Å². The third-order valence-corrected chi connectivity index (χ3v) is 3.46. The highest BCUT2D eigenvalue weighted by molar-refractivity contribution is 6.35. The van der Waals surface area contributed by atoms with Gasteiger partial charge in [0.05, 0.1) is 18.2 Å². The number of carbonyl (C=O) groups is 1. The van der Waals surface area contributed by atoms with Crippen LogP contribution in [0.2, 0.25) is 10.0 Å². The second-order valence-electron chi connectivity index (χ2n) is 4.46. The van der Waals surface area contributed by atoms with Crippen LogP contribution in [0, 0.1) is 0 Å². The van der Waals surface area contributed by atoms with Crippen molar-refractivity contribution in [1.82, 2.24) is 10.3 Å². The van der Waals surface area contributed by atoms with E-state index < -0.39 is 0 Å². The Labute approximate surface area is 127 Å². The summed E-state index contributed by atoms with van der Waals surface area (Å²) in [7, 11) is 0. The van der Waals surface area contributed by atoms with Crippen LogP contribution < -0.4 is 5.32 Å². The van der Waals surface area contributed by atoms with E-state index >= 15 is 0 Å². The minimum Gasteiger partial charge on any atom is -0.348 e. The fourth-order valence-corrected chi connectivity index (χ4v) is 2.31. The van der Waals surface area contributed by atoms with Gasteiger partial charge < -0.3 is 5.32 Å². The van der Waals surface area contributed by atoms with Crippen molar-refractivity contribution < 1.29 is 4.79 Å². The molecule has 5 heteroatoms. The van der Waals surface area contributed by atoms with E-state index in [1.807, 2.05) is 25.1 Å². The molecular formula is C15H14Cl2N2O. The average Bonchev–Trinajstić information content (AvgIpc) is 2.43. The molecule has 0 radical (unpaired) electrons. The minimum absolute atomic E-state index is 0.104. The van der Waals surface area contributed by atoms with E-state index in [0.29, 0.717) is 10.0 Å². The van der Waals surface area contributed by atoms with Gasteiger partial charge in [-0.1, -0.05) is 35.3 Å². The minimum atomic E-state index is -0.144. The molecule has 1 aromatic heterocycles. The predicted octanol–water partition coefficient (Wildman–Crippen LogP) is 3.81. The van der Waals surface area contributed by atoms with Gasteiger partial charge in [-0.05, 0) is 36.8 Å². The van der Waals surface area contributed by atoms with Crippen molar-refractivity contribution in [2.24, 2.45) is 0 Å². The number of carbonyl (C=O) groups excluding carboxylic acids is 1. The maximum atomic E-state index is 12.0. The lowest BCUT2D eigenvalue weighted by Gasteiger charge is -2.13. The number of nitrogens with zero attached hydrogens (tertiary/aromatic N) is 1. The smallest absolute Gasteiger partial charge is 0.224 e. The molecule has 1 amide bonds. The molecule has 0 aliphatic heterocycles. The van der Waals surface area contributed by atoms with Crippen molar-refractivity contribution >= 4 is 29.1 Å². The quantitative estimate of drug-likeness (QED) is 0.933. The zero-order valence-corrected chi connectivity index (χ0v) is 12.4. The summed E-state index contributed by atoms with van der Waals surface area (Å²) in [5.41, 5.74) is 1.57. The molecule has 0 saturated carbocycles. The Morgan fingerprint density at radius 2 is 2.10 bits per heavy atom. The molecule has 0 saturated heterocycles. The number of nitrogens with one attached hydrogen (secondary N) is 1. The van der Waals surface area contributed by atoms with E-state index in [-0.39, 0.29) is 18.4 Å². The summed E-state index contributed by atoms with van der Waals surface area (Å²) >= 11 is 11.9. The molecule has 3 nitrogen and oxygen atoms in total. The van der Waals surface area contributed by atoms with Crippen LogP contribution in [-0.2, 0) is 11.2 Å². The Morgan fingerprint density at radius 3 is 2.75 bits per heavy atom. The number of amides is 1. The molecule has 104 valence electrons. The van der Waals surface area contributed by atoms with Crippen molar-refractivity contribution in [3.05, 3.63) is 63.9 Å². The van der Waals surface area contributed by atoms with E-state index in [1.54, 1.807) is 24.4 Å². The van der Waals surface area contributed by atoms with E-state index in [0.717, 1.165) is 11.3 Å². The second kappa shape index (κ2) is 6.73. The molecule has 1 atom stereocenters. The number of hydrogen-bond donors (Lipinski definition) is 1. The van der Waals surface area contributed by atoms with E-state index in [4.69, 9.17) is 23.2 Å². The first-order valence-corrected chi connectivity index (χ1v) is 6.96. The van der Waals surface area contributed by atoms with Crippen molar-refractivity contribution in [3.8, 4) is 0 Å². The molecule has 0 aliphatic carbocycles. The van der Waals surface area contributed by atoms with Gasteiger partial charge in [0.2, 0.25) is 5.91 Å². The summed E-state index contributed by atoms with van der Waals surface area (Å²) in [5.74, 6) is -0.104. The summed E-state index contributed by atoms with van der Waals surface area (Å²) in [6, 6.07) is 10.6. The normalized spacial score (nSPS) is 11.9. The van der Waals surface area contributed by atoms with Crippen LogP contribution in [0.5, 0.6) is 0 Å². The average molecular weight is 309 g/mol. The first-order chi connectivity index (χ1) is 9.56. The maximum absolute atomic E-state index is 12.0. The summed E-state index contributed by atoms with van der Waals surface area (Å²) in [6.07, 6.45) is 1.92. The molecule has 1 heterocycles. The number of hydrogen-bond acceptors (Lipinski definition) is 2. The molecular weight excluding hydrogens is 295 g/mol. The van der Waals surface area contributed by atoms with Crippen molar-refractivity contribution in [3.63, 3.8) is 0 Å². The first-order valence-electron chi connectivity index (χ1n) is 6.20. The molecule has 1 unspecified atom stereocenters. The Hall–Kier alpha value is -1.58. The molecule has 20 heavy (non-hydrogen) atoms. The Balaban J connectivity index is 1.99. The van der Waals surface area contributed by atoms with Gasteiger partial charge in [-0.25, -0.2) is 0 Å². The fourth-order valence-electron chi connectivity index (χ4n) is 1.84. The highest BCUT2D eigenvalue weighted by Crippen LogP contribution is 2.21. The Bertz CT molecular complexity index is 602. The van der Waals surface area contributed by atoms with E-state index in [1.165, 1.54) is 0 Å². The lowest BCUT2D eigenvalue weighted by molar-refractivity contribution is -0.121. The van der Waals surface area contributed by atoms with Gasteiger partial charge in [-0.3, -0.25) is 9.78 Å². The van der Waals surface area contributed by atoms with Gasteiger partial charge in [-0.2, -0.15) is 0 Å². The summed E-state index contributed by atoms with van der Waals surface area (Å²) in [5, 5.41) is 3.95. The number of rotatable bonds is 4. The lowest BCUT2D eigenvalue weighted by atomic mass is 10.1. The van der Waals surface area contributed by atoms with Crippen LogP contribution in [0.4, 0.5) is 0 Å². The van der Waals surface area contributed by atoms with Gasteiger partial charge in [0.25, 0.3) is 0 Å². The zero-order valence-electron chi connectivity index (χ0n) is 10.9. The number of aromatic nitrogens is 1. The largest absolute Gasteiger partial charge is 0.348 e. The highest BCUT2D eigenvalue weighted by atomic mass is 35.5. The summed E-state index contributed by atoms with van der Waals surface area (Å²) < 4.78 is 0. The van der Waals surface area contributed by atoms with Gasteiger partial charge in [0.15, 0.2) is 0 Å². The monoisotopic (exact) mass is 308 g/mol. The standard InChI is InChI=1S/C15H14Cl2N2O/c1-10(14-4-2-3-7-18-14)19-15(20)8-11-5-6-12(16)9-13(11)17/h2-7,9-10H,8H2,1H3,(H,19,20). The Kier molecular flexibility index (Phi) is 4.99. The zero-order chi connectivity index (χ0) is 14.5. The van der Waals surface area contributed by atoms with Gasteiger partial charge in [0, 0.05) is 16.2 Å². The molecule has 0 spiro atoms. The highest BCUT2D eigenvalue weighted by Gasteiger charge is 2.12. The van der Waals surface area contributed by atoms with E-state index in [2.05, 4.69) is 10.3 Å². The predicted molar refractivity (Wildman–Crippen MR) is 81.0 cm³/mol. The molecule has 1 aromatic carbocycles. The van der Waals surface area contributed by atoms with Crippen molar-refractivity contribution in [2.45, 2.75) is 19.4 Å². The van der Waals surface area contributed by atoms with Crippen LogP contribution >= 0.6 is 23.2 Å². The third kappa shape index (κ3) is 3.95. The SMILES string of the molecule is CC(NC(=O)Cc1ccc(Cl)cc1Cl)c1ccccn1. The van der Waals surface area contributed by atoms with Crippen LogP contribution in [0.1, 0.15) is 24.2 Å². The van der Waals surface area contributed by atoms with Crippen LogP contribution in [0.15, 0.2) is 42.6 Å². The molecule has 2 rings (SSSR count). The van der Waals surface area contributed by atoms with Crippen molar-refractivity contribution in [1.29, 1.82) is 0 Å². The van der Waals surface area contributed by atoms with Crippen LogP contribution in [0.3, 0.4) is 0 Å². The lowest BCUT2D eigenvalue weighted by Crippen LogP contribution is -2.28. The first kappa shape index (κ1) is 14.8. The Morgan fingerprint density at radius 1 is 1.30 bits per heavy atom. The molecule has 2 aromatic rings. The van der Waals surface area contributed by atoms with Gasteiger partial charge in [0.1, 0.15) is 0 Å². The van der Waals surface area contributed by atoms with Crippen LogP contribution in [0.25, 0.3) is 0 Å². The van der Waals surface area contributed by atoms with E-state index in [9.17, 15) is 4.79 Å². The molecule has 0 aliphatic rings. The van der Waals surface area contributed by atoms with Gasteiger partial charge >= 0.3 is 0 Å². The molecule has 1 N–H and O–H groups in total. The fraction of sp³-hybridized carbons (Fsp3) is 0.200. The number of pyridine rings is 1. The van der Waals surface area contributed by atoms with Crippen LogP contribution in [-0.4, -0.2) is 10.9 Å². The third-order valence-electron chi connectivity index (χ3n) is 2.88. The maximum Gasteiger partial charge on any atom is 0.224 e. The number of halogens is 2. The number of benzene rings is 1. The summed E-state index contributed by atoms with van der Waals surface area (Å²) in [6.45, 7) is 1.89. The molecule has 0 bridgehead atoms.